The van der Waals surface area contributed by atoms with Gasteiger partial charge in [-0.05, 0) is 79.8 Å². The van der Waals surface area contributed by atoms with Gasteiger partial charge >= 0.3 is 0 Å². The molecule has 2 heterocycles. The van der Waals surface area contributed by atoms with Crippen LogP contribution in [0.15, 0.2) is 139 Å². The number of phenols is 1. The molecular weight excluding hydrogens is 950 g/mol. The number of imidazole rings is 1. The van der Waals surface area contributed by atoms with E-state index in [0.717, 1.165) is 44.6 Å². The van der Waals surface area contributed by atoms with Crippen molar-refractivity contribution in [3.05, 3.63) is 168 Å². The van der Waals surface area contributed by atoms with Gasteiger partial charge in [-0.3, -0.25) is 9.55 Å². The van der Waals surface area contributed by atoms with Crippen molar-refractivity contribution < 1.29 is 37.1 Å². The van der Waals surface area contributed by atoms with Gasteiger partial charge in [-0.15, -0.1) is 29.3 Å². The molecule has 5 heteroatoms. The predicted octanol–water partition coefficient (Wildman–Crippen LogP) is 15.4. The summed E-state index contributed by atoms with van der Waals surface area (Å²) in [5.41, 5.74) is 8.29. The van der Waals surface area contributed by atoms with Crippen molar-refractivity contribution >= 4 is 11.0 Å². The summed E-state index contributed by atoms with van der Waals surface area (Å²) in [6.45, 7) is 25.5. The Balaban J connectivity index is 0.00000741. The maximum atomic E-state index is 12.6. The number of hydrogen-bond donors (Lipinski definition) is 1. The Morgan fingerprint density at radius 3 is 1.86 bits per heavy atom. The van der Waals surface area contributed by atoms with Gasteiger partial charge in [-0.1, -0.05) is 185 Å². The average Bonchev–Trinajstić information content (AvgIpc) is 3.68. The molecule has 0 radical (unpaired) electrons. The summed E-state index contributed by atoms with van der Waals surface area (Å²) >= 11 is 0. The summed E-state index contributed by atoms with van der Waals surface area (Å²) in [6, 6.07) is 30.5. The zero-order valence-electron chi connectivity index (χ0n) is 46.3. The third-order valence-electron chi connectivity index (χ3n) is 11.5. The Morgan fingerprint density at radius 2 is 1.21 bits per heavy atom. The van der Waals surface area contributed by atoms with Crippen molar-refractivity contribution in [3.8, 4) is 67.5 Å². The molecule has 324 valence electrons. The third kappa shape index (κ3) is 9.11. The first-order valence-electron chi connectivity index (χ1n) is 25.2. The van der Waals surface area contributed by atoms with E-state index in [2.05, 4.69) is 141 Å². The van der Waals surface area contributed by atoms with E-state index in [-0.39, 0.29) is 60.5 Å². The van der Waals surface area contributed by atoms with Crippen LogP contribution in [0.2, 0.25) is 0 Å². The second kappa shape index (κ2) is 16.9. The second-order valence-corrected chi connectivity index (χ2v) is 20.4. The maximum absolute atomic E-state index is 12.6. The Bertz CT molecular complexity index is 3380. The third-order valence-corrected chi connectivity index (χ3v) is 11.5. The molecule has 8 rings (SSSR count). The average molecular weight is 1020 g/mol. The van der Waals surface area contributed by atoms with Crippen molar-refractivity contribution in [2.75, 3.05) is 0 Å². The van der Waals surface area contributed by atoms with E-state index >= 15 is 0 Å². The molecule has 6 aromatic carbocycles. The number of benzene rings is 6. The van der Waals surface area contributed by atoms with Crippen LogP contribution in [-0.2, 0) is 42.7 Å². The van der Waals surface area contributed by atoms with Gasteiger partial charge in [0, 0.05) is 44.1 Å². The van der Waals surface area contributed by atoms with Gasteiger partial charge in [0.1, 0.15) is 11.6 Å². The molecule has 4 nitrogen and oxygen atoms in total. The molecule has 0 aliphatic heterocycles. The van der Waals surface area contributed by atoms with Gasteiger partial charge in [-0.2, -0.15) is 0 Å². The van der Waals surface area contributed by atoms with Crippen molar-refractivity contribution in [2.45, 2.75) is 105 Å². The molecule has 0 amide bonds. The number of nitrogens with zero attached hydrogens (tertiary/aromatic N) is 3. The molecule has 2 aromatic heterocycles. The molecule has 8 aromatic rings. The molecule has 0 aliphatic rings. The Morgan fingerprint density at radius 1 is 0.571 bits per heavy atom. The van der Waals surface area contributed by atoms with Crippen LogP contribution in [0.3, 0.4) is 0 Å². The van der Waals surface area contributed by atoms with Gasteiger partial charge in [0.2, 0.25) is 0 Å². The number of phenolic OH excluding ortho intramolecular Hbond substituents is 1. The Kier molecular flexibility index (Phi) is 9.59. The fourth-order valence-electron chi connectivity index (χ4n) is 7.82. The van der Waals surface area contributed by atoms with Gasteiger partial charge in [0.15, 0.2) is 0 Å². The summed E-state index contributed by atoms with van der Waals surface area (Å²) in [7, 11) is 0. The van der Waals surface area contributed by atoms with Crippen LogP contribution in [-0.4, -0.2) is 19.6 Å². The van der Waals surface area contributed by atoms with Crippen LogP contribution >= 0.6 is 0 Å². The van der Waals surface area contributed by atoms with Gasteiger partial charge in [-0.25, -0.2) is 4.98 Å². The molecule has 0 atom stereocenters. The van der Waals surface area contributed by atoms with E-state index in [1.807, 2.05) is 48.5 Å². The SMILES string of the molecule is [2H]c1nc(-c2[c-]c(-c3cccc4c3nc(-c3cc(C(C)(C)C)cc(C(C)(C)C)c3O)n4-c3ccc(C(C)(C)C)cc3-c3ccccc3)cc(C(C)(C)C)c2)c([2H])c(-c2c([2H])c([2H])c([2H])c([2H])c2[2H])c1[2H].[Pt]. The first-order chi connectivity index (χ1) is 32.5. The summed E-state index contributed by atoms with van der Waals surface area (Å²) in [6.07, 6.45) is -0.520. The standard InChI is InChI=1S/C58H60N3O.Pt/c1-55(2,3)42-26-27-50(46(34-42)38-22-17-14-18-23-38)61-51-25-19-24-45(52(51)60-54(61)47-35-44(57(7,8)9)36-48(53(47)62)58(10,11)12)40-30-41(32-43(31-40)56(4,5)6)49-33-39(28-29-59-49)37-20-15-13-16-21-37;/h13-29,31-36,62H,1-12H3;/q-1;/i13D,15D,16D,20D,21D,28D,29D,33D;. The van der Waals surface area contributed by atoms with Gasteiger partial charge < -0.3 is 5.11 Å². The van der Waals surface area contributed by atoms with E-state index in [9.17, 15) is 6.48 Å². The van der Waals surface area contributed by atoms with E-state index < -0.39 is 53.3 Å². The topological polar surface area (TPSA) is 50.9 Å². The van der Waals surface area contributed by atoms with Crippen LogP contribution in [0.5, 0.6) is 5.75 Å². The van der Waals surface area contributed by atoms with E-state index in [4.69, 9.17) is 14.6 Å². The number of rotatable bonds is 6. The predicted molar refractivity (Wildman–Crippen MR) is 261 cm³/mol. The molecule has 1 N–H and O–H groups in total. The van der Waals surface area contributed by atoms with Crippen LogP contribution in [0, 0.1) is 6.07 Å². The van der Waals surface area contributed by atoms with Crippen LogP contribution in [0.25, 0.3) is 72.7 Å². The molecule has 0 spiro atoms. The number of para-hydroxylation sites is 1. The number of aromatic hydroxyl groups is 1. The summed E-state index contributed by atoms with van der Waals surface area (Å²) in [4.78, 5) is 10.0. The second-order valence-electron chi connectivity index (χ2n) is 20.4. The fraction of sp³-hybridized carbons (Fsp3) is 0.276. The first-order valence-corrected chi connectivity index (χ1v) is 21.2. The first kappa shape index (κ1) is 35.8. The smallest absolute Gasteiger partial charge is 0.148 e. The summed E-state index contributed by atoms with van der Waals surface area (Å²) < 4.78 is 71.8. The number of fused-ring (bicyclic) bond motifs is 1. The van der Waals surface area contributed by atoms with Crippen molar-refractivity contribution in [3.63, 3.8) is 0 Å². The molecule has 0 aliphatic carbocycles. The van der Waals surface area contributed by atoms with Gasteiger partial charge in [0.25, 0.3) is 0 Å². The van der Waals surface area contributed by atoms with E-state index in [1.54, 1.807) is 0 Å². The molecule has 0 unspecified atom stereocenters. The molecule has 0 bridgehead atoms. The molecule has 0 saturated heterocycles. The summed E-state index contributed by atoms with van der Waals surface area (Å²) in [5, 5.41) is 12.6. The minimum absolute atomic E-state index is 0. The quantitative estimate of drug-likeness (QED) is 0.169. The van der Waals surface area contributed by atoms with Crippen LogP contribution in [0.4, 0.5) is 0 Å². The summed E-state index contributed by atoms with van der Waals surface area (Å²) in [5.74, 6) is 0.676. The Labute approximate surface area is 401 Å². The minimum atomic E-state index is -0.607. The Hall–Kier alpha value is -5.57. The monoisotopic (exact) mass is 1020 g/mol. The number of pyridine rings is 1. The molecule has 63 heavy (non-hydrogen) atoms. The number of aromatic nitrogens is 3. The van der Waals surface area contributed by atoms with Crippen LogP contribution in [0.1, 0.15) is 116 Å². The molecule has 0 fully saturated rings. The molecule has 0 saturated carbocycles. The zero-order valence-corrected chi connectivity index (χ0v) is 40.5. The number of hydrogen-bond acceptors (Lipinski definition) is 3. The van der Waals surface area contributed by atoms with E-state index in [1.165, 1.54) is 0 Å². The molecular formula is C58H60N3OPt-. The van der Waals surface area contributed by atoms with Crippen molar-refractivity contribution in [1.29, 1.82) is 0 Å². The van der Waals surface area contributed by atoms with Crippen molar-refractivity contribution in [2.24, 2.45) is 0 Å². The van der Waals surface area contributed by atoms with E-state index in [0.29, 0.717) is 33.6 Å². The normalized spacial score (nSPS) is 14.2. The van der Waals surface area contributed by atoms with Gasteiger partial charge in [0.05, 0.1) is 33.3 Å². The zero-order chi connectivity index (χ0) is 51.3. The van der Waals surface area contributed by atoms with Crippen molar-refractivity contribution in [1.82, 2.24) is 14.5 Å². The van der Waals surface area contributed by atoms with Crippen LogP contribution < -0.4 is 0 Å². The maximum Gasteiger partial charge on any atom is 0.148 e. The minimum Gasteiger partial charge on any atom is -0.507 e. The fourth-order valence-corrected chi connectivity index (χ4v) is 7.82. The largest absolute Gasteiger partial charge is 0.507 e.